The second kappa shape index (κ2) is 11.8. The molecule has 0 radical (unpaired) electrons. The quantitative estimate of drug-likeness (QED) is 0.249. The third-order valence-electron chi connectivity index (χ3n) is 6.01. The summed E-state index contributed by atoms with van der Waals surface area (Å²) in [6, 6.07) is 25.3. The van der Waals surface area contributed by atoms with Crippen LogP contribution in [-0.2, 0) is 4.79 Å². The second-order valence-electron chi connectivity index (χ2n) is 8.90. The van der Waals surface area contributed by atoms with Crippen LogP contribution in [0.1, 0.15) is 23.6 Å². The summed E-state index contributed by atoms with van der Waals surface area (Å²) >= 11 is 1.25. The topological polar surface area (TPSA) is 84.2 Å². The number of nitrogens with zero attached hydrogens (tertiary/aromatic N) is 2. The zero-order chi connectivity index (χ0) is 27.2. The molecular formula is C31H29N3O3S. The zero-order valence-electron chi connectivity index (χ0n) is 22.0. The first-order valence-corrected chi connectivity index (χ1v) is 13.0. The number of carbonyl (C=O) groups is 1. The van der Waals surface area contributed by atoms with Crippen molar-refractivity contribution < 1.29 is 14.3 Å². The lowest BCUT2D eigenvalue weighted by Gasteiger charge is -2.17. The third kappa shape index (κ3) is 5.99. The maximum absolute atomic E-state index is 13.2. The molecule has 6 nitrogen and oxygen atoms in total. The van der Waals surface area contributed by atoms with E-state index in [0.717, 1.165) is 22.4 Å². The van der Waals surface area contributed by atoms with Gasteiger partial charge in [0.25, 0.3) is 0 Å². The van der Waals surface area contributed by atoms with Crippen LogP contribution in [0.3, 0.4) is 0 Å². The van der Waals surface area contributed by atoms with Gasteiger partial charge in [0.1, 0.15) is 22.6 Å². The van der Waals surface area contributed by atoms with Crippen LogP contribution in [0.2, 0.25) is 0 Å². The summed E-state index contributed by atoms with van der Waals surface area (Å²) in [4.78, 5) is 18.0. The molecule has 0 aliphatic rings. The normalized spacial score (nSPS) is 11.4. The summed E-state index contributed by atoms with van der Waals surface area (Å²) < 4.78 is 11.1. The van der Waals surface area contributed by atoms with Crippen molar-refractivity contribution in [2.75, 3.05) is 19.5 Å². The van der Waals surface area contributed by atoms with Crippen molar-refractivity contribution in [1.82, 2.24) is 4.98 Å². The Morgan fingerprint density at radius 2 is 1.66 bits per heavy atom. The van der Waals surface area contributed by atoms with E-state index < -0.39 is 5.25 Å². The monoisotopic (exact) mass is 523 g/mol. The minimum absolute atomic E-state index is 0.170. The number of aromatic nitrogens is 1. The van der Waals surface area contributed by atoms with Gasteiger partial charge in [0, 0.05) is 22.4 Å². The van der Waals surface area contributed by atoms with Crippen LogP contribution in [-0.4, -0.2) is 30.4 Å². The largest absolute Gasteiger partial charge is 0.497 e. The predicted molar refractivity (Wildman–Crippen MR) is 153 cm³/mol. The molecule has 4 rings (SSSR count). The summed E-state index contributed by atoms with van der Waals surface area (Å²) in [5.74, 6) is 1.07. The van der Waals surface area contributed by atoms with Crippen molar-refractivity contribution in [3.8, 4) is 40.0 Å². The Kier molecular flexibility index (Phi) is 8.35. The lowest BCUT2D eigenvalue weighted by atomic mass is 9.98. The highest BCUT2D eigenvalue weighted by Gasteiger charge is 2.23. The first-order chi connectivity index (χ1) is 18.3. The number of rotatable bonds is 8. The molecule has 0 aliphatic carbocycles. The van der Waals surface area contributed by atoms with E-state index in [1.807, 2.05) is 87.5 Å². The first kappa shape index (κ1) is 26.8. The lowest BCUT2D eigenvalue weighted by Crippen LogP contribution is -2.22. The van der Waals surface area contributed by atoms with Crippen molar-refractivity contribution in [3.05, 3.63) is 89.5 Å². The average Bonchev–Trinajstić information content (AvgIpc) is 2.92. The van der Waals surface area contributed by atoms with Gasteiger partial charge in [0.05, 0.1) is 30.7 Å². The van der Waals surface area contributed by atoms with Gasteiger partial charge >= 0.3 is 0 Å². The highest BCUT2D eigenvalue weighted by atomic mass is 32.2. The van der Waals surface area contributed by atoms with Gasteiger partial charge in [-0.1, -0.05) is 48.2 Å². The van der Waals surface area contributed by atoms with E-state index in [1.54, 1.807) is 14.2 Å². The molecular weight excluding hydrogens is 494 g/mol. The minimum Gasteiger partial charge on any atom is -0.497 e. The van der Waals surface area contributed by atoms with Gasteiger partial charge < -0.3 is 14.8 Å². The SMILES string of the molecule is COc1ccc(OC)c(-c2cc(-c3ccccc3)nc(SC(C)C(=O)Nc3cc(C)cc(C)c3)c2C#N)c1. The van der Waals surface area contributed by atoms with Gasteiger partial charge in [-0.25, -0.2) is 4.98 Å². The van der Waals surface area contributed by atoms with Crippen LogP contribution >= 0.6 is 11.8 Å². The van der Waals surface area contributed by atoms with Gasteiger partial charge in [-0.2, -0.15) is 5.26 Å². The summed E-state index contributed by atoms with van der Waals surface area (Å²) in [6.45, 7) is 5.80. The highest BCUT2D eigenvalue weighted by Crippen LogP contribution is 2.40. The Balaban J connectivity index is 1.79. The Morgan fingerprint density at radius 1 is 0.947 bits per heavy atom. The summed E-state index contributed by atoms with van der Waals surface area (Å²) in [5, 5.41) is 13.2. The molecule has 0 fully saturated rings. The van der Waals surface area contributed by atoms with E-state index in [2.05, 4.69) is 17.5 Å². The number of ether oxygens (including phenoxy) is 2. The van der Waals surface area contributed by atoms with Crippen molar-refractivity contribution in [3.63, 3.8) is 0 Å². The molecule has 0 saturated heterocycles. The van der Waals surface area contributed by atoms with Gasteiger partial charge in [-0.15, -0.1) is 0 Å². The number of benzene rings is 3. The molecule has 1 aromatic heterocycles. The second-order valence-corrected chi connectivity index (χ2v) is 10.2. The molecule has 0 bridgehead atoms. The van der Waals surface area contributed by atoms with Crippen molar-refractivity contribution >= 4 is 23.4 Å². The van der Waals surface area contributed by atoms with Crippen molar-refractivity contribution in [2.24, 2.45) is 0 Å². The predicted octanol–water partition coefficient (Wildman–Crippen LogP) is 7.04. The fourth-order valence-electron chi connectivity index (χ4n) is 4.22. The number of methoxy groups -OCH3 is 2. The molecule has 0 spiro atoms. The van der Waals surface area contributed by atoms with Gasteiger partial charge in [-0.05, 0) is 68.3 Å². The van der Waals surface area contributed by atoms with Gasteiger partial charge in [0.2, 0.25) is 5.91 Å². The van der Waals surface area contributed by atoms with E-state index >= 15 is 0 Å². The molecule has 1 atom stereocenters. The number of pyridine rings is 1. The number of amides is 1. The number of carbonyl (C=O) groups excluding carboxylic acids is 1. The molecule has 1 heterocycles. The van der Waals surface area contributed by atoms with E-state index in [9.17, 15) is 10.1 Å². The van der Waals surface area contributed by atoms with Crippen LogP contribution in [0, 0.1) is 25.2 Å². The Bertz CT molecular complexity index is 1490. The lowest BCUT2D eigenvalue weighted by molar-refractivity contribution is -0.115. The van der Waals surface area contributed by atoms with Crippen LogP contribution in [0.4, 0.5) is 5.69 Å². The van der Waals surface area contributed by atoms with Gasteiger partial charge in [0.15, 0.2) is 0 Å². The van der Waals surface area contributed by atoms with E-state index in [4.69, 9.17) is 14.5 Å². The molecule has 192 valence electrons. The summed E-state index contributed by atoms with van der Waals surface area (Å²) in [7, 11) is 3.18. The number of nitrogens with one attached hydrogen (secondary N) is 1. The maximum Gasteiger partial charge on any atom is 0.237 e. The molecule has 0 saturated carbocycles. The number of aryl methyl sites for hydroxylation is 2. The molecule has 3 aromatic carbocycles. The summed E-state index contributed by atoms with van der Waals surface area (Å²) in [5.41, 5.74) is 6.20. The molecule has 7 heteroatoms. The Hall–Kier alpha value is -4.28. The highest BCUT2D eigenvalue weighted by molar-refractivity contribution is 8.00. The molecule has 0 aliphatic heterocycles. The maximum atomic E-state index is 13.2. The Morgan fingerprint density at radius 3 is 2.29 bits per heavy atom. The standard InChI is InChI=1S/C31H29N3O3S/c1-19-13-20(2)15-23(14-19)33-30(35)21(3)38-31-27(18-32)25(17-28(34-31)22-9-7-6-8-10-22)26-16-24(36-4)11-12-29(26)37-5/h6-17,21H,1-5H3,(H,33,35). The van der Waals surface area contributed by atoms with Gasteiger partial charge in [-0.3, -0.25) is 4.79 Å². The summed E-state index contributed by atoms with van der Waals surface area (Å²) in [6.07, 6.45) is 0. The van der Waals surface area contributed by atoms with Crippen molar-refractivity contribution in [2.45, 2.75) is 31.0 Å². The van der Waals surface area contributed by atoms with Crippen LogP contribution in [0.5, 0.6) is 11.5 Å². The number of hydrogen-bond donors (Lipinski definition) is 1. The minimum atomic E-state index is -0.513. The Labute approximate surface area is 227 Å². The van der Waals surface area contributed by atoms with E-state index in [1.165, 1.54) is 11.8 Å². The number of anilines is 1. The number of thioether (sulfide) groups is 1. The third-order valence-corrected chi connectivity index (χ3v) is 7.10. The molecule has 4 aromatic rings. The molecule has 1 unspecified atom stereocenters. The van der Waals surface area contributed by atoms with E-state index in [-0.39, 0.29) is 5.91 Å². The molecule has 1 amide bonds. The van der Waals surface area contributed by atoms with E-state index in [0.29, 0.717) is 38.9 Å². The fourth-order valence-corrected chi connectivity index (χ4v) is 5.15. The number of hydrogen-bond acceptors (Lipinski definition) is 6. The smallest absolute Gasteiger partial charge is 0.237 e. The fraction of sp³-hybridized carbons (Fsp3) is 0.194. The first-order valence-electron chi connectivity index (χ1n) is 12.1. The number of nitriles is 1. The molecule has 1 N–H and O–H groups in total. The average molecular weight is 524 g/mol. The van der Waals surface area contributed by atoms with Crippen molar-refractivity contribution in [1.29, 1.82) is 5.26 Å². The van der Waals surface area contributed by atoms with Crippen LogP contribution in [0.15, 0.2) is 77.8 Å². The van der Waals surface area contributed by atoms with Crippen LogP contribution in [0.25, 0.3) is 22.4 Å². The molecule has 38 heavy (non-hydrogen) atoms. The van der Waals surface area contributed by atoms with Crippen LogP contribution < -0.4 is 14.8 Å². The zero-order valence-corrected chi connectivity index (χ0v) is 22.8.